The number of aromatic hydroxyl groups is 5. The summed E-state index contributed by atoms with van der Waals surface area (Å²) in [5.41, 5.74) is 6.25. The second-order valence-electron chi connectivity index (χ2n) is 19.1. The van der Waals surface area contributed by atoms with Crippen LogP contribution in [0.25, 0.3) is 22.9 Å². The summed E-state index contributed by atoms with van der Waals surface area (Å²) < 4.78 is 0. The van der Waals surface area contributed by atoms with E-state index in [1.165, 1.54) is 80.1 Å². The molecule has 4 saturated carbocycles. The summed E-state index contributed by atoms with van der Waals surface area (Å²) in [4.78, 5) is 10.5. The maximum absolute atomic E-state index is 12.4. The molecule has 4 fully saturated rings. The van der Waals surface area contributed by atoms with Gasteiger partial charge in [-0.1, -0.05) is 85.3 Å². The lowest BCUT2D eigenvalue weighted by molar-refractivity contribution is -0.180. The fourth-order valence-electron chi connectivity index (χ4n) is 14.5. The molecule has 9 atom stereocenters. The first-order chi connectivity index (χ1) is 29.7. The van der Waals surface area contributed by atoms with Gasteiger partial charge in [-0.25, -0.2) is 0 Å². The number of phenolic OH excluding ortho intramolecular Hbond substituents is 5. The van der Waals surface area contributed by atoms with Crippen molar-refractivity contribution in [2.45, 2.75) is 89.3 Å². The molecule has 9 nitrogen and oxygen atoms in total. The lowest BCUT2D eigenvalue weighted by Gasteiger charge is -2.70. The van der Waals surface area contributed by atoms with Crippen LogP contribution in [-0.4, -0.2) is 60.9 Å². The Morgan fingerprint density at radius 3 is 2.41 bits per heavy atom. The van der Waals surface area contributed by atoms with Crippen LogP contribution in [0.3, 0.4) is 0 Å². The van der Waals surface area contributed by atoms with Crippen molar-refractivity contribution in [3.63, 3.8) is 0 Å². The molecule has 0 amide bonds. The number of aliphatic hydroxyl groups excluding tert-OH is 1. The Bertz CT molecular complexity index is 2590. The molecule has 6 aliphatic carbocycles. The second-order valence-corrected chi connectivity index (χ2v) is 19.1. The Kier molecular flexibility index (Phi) is 9.06. The molecule has 7 aliphatic rings. The molecule has 0 saturated heterocycles. The highest BCUT2D eigenvalue weighted by Gasteiger charge is 2.77. The second kappa shape index (κ2) is 14.3. The van der Waals surface area contributed by atoms with Crippen LogP contribution in [0.1, 0.15) is 85.6 Å². The minimum absolute atomic E-state index is 0.00811. The largest absolute Gasteiger partial charge is 0.507 e. The molecule has 61 heavy (non-hydrogen) atoms. The normalized spacial score (nSPS) is 33.1. The molecule has 9 heteroatoms. The number of rotatable bonds is 8. The number of hydrogen-bond donors (Lipinski definition) is 7. The van der Waals surface area contributed by atoms with Gasteiger partial charge in [-0.2, -0.15) is 0 Å². The van der Waals surface area contributed by atoms with E-state index >= 15 is 0 Å². The molecule has 4 aromatic rings. The average Bonchev–Trinajstić information content (AvgIpc) is 3.99. The number of allylic oxidation sites excluding steroid dienone is 2. The topological polar surface area (TPSA) is 158 Å². The van der Waals surface area contributed by atoms with Crippen LogP contribution in [-0.2, 0) is 19.4 Å². The van der Waals surface area contributed by atoms with Crippen LogP contribution < -0.4 is 5.32 Å². The Hall–Kier alpha value is -5.38. The molecule has 0 radical (unpaired) electrons. The van der Waals surface area contributed by atoms with Crippen LogP contribution in [0.15, 0.2) is 95.0 Å². The van der Waals surface area contributed by atoms with Gasteiger partial charge in [0.05, 0.1) is 22.9 Å². The van der Waals surface area contributed by atoms with E-state index < -0.39 is 6.10 Å². The molecule has 1 heterocycles. The van der Waals surface area contributed by atoms with E-state index in [4.69, 9.17) is 9.98 Å². The number of hydrogen-bond acceptors (Lipinski definition) is 9. The SMILES string of the molecule is Oc1ccc(C=Cc2c(CCc3ccc(CN[C@@H]4C=C[C@@H]5CC[C@H]6CCC7=NCN=C7[C@@]47[C@@H]4[C@H](O)C=C[C@H]8CCC[C@]48CC[C@]657)cc3)c(O)c(O)c3c(O)cccc23)cc1O. The number of nitrogens with one attached hydrogen (secondary N) is 1. The lowest BCUT2D eigenvalue weighted by atomic mass is 9.34. The summed E-state index contributed by atoms with van der Waals surface area (Å²) in [7, 11) is 0. The Morgan fingerprint density at radius 2 is 1.56 bits per heavy atom. The highest BCUT2D eigenvalue weighted by atomic mass is 16.3. The minimum atomic E-state index is -0.516. The molecule has 0 aromatic heterocycles. The number of fused-ring (bicyclic) bond motifs is 2. The Morgan fingerprint density at radius 1 is 0.721 bits per heavy atom. The summed E-state index contributed by atoms with van der Waals surface area (Å²) in [6, 6.07) is 18.2. The van der Waals surface area contributed by atoms with Gasteiger partial charge in [0.2, 0.25) is 0 Å². The Labute approximate surface area is 356 Å². The van der Waals surface area contributed by atoms with Gasteiger partial charge >= 0.3 is 0 Å². The summed E-state index contributed by atoms with van der Waals surface area (Å²) in [5.74, 6) is 0.420. The number of aryl methyl sites for hydroxylation is 1. The predicted octanol–water partition coefficient (Wildman–Crippen LogP) is 9.12. The fraction of sp³-hybridized carbons (Fsp3) is 0.423. The lowest BCUT2D eigenvalue weighted by Crippen LogP contribution is -2.74. The van der Waals surface area contributed by atoms with Gasteiger partial charge in [-0.3, -0.25) is 9.98 Å². The van der Waals surface area contributed by atoms with Crippen LogP contribution in [0, 0.1) is 39.9 Å². The maximum atomic E-state index is 12.4. The standard InChI is InChI=1S/C52H55N3O6/c56-40-21-12-31(27-43(40)59)11-18-36-37-4-1-5-41(57)45(37)47(61)46(60)38(36)19-10-30-6-8-32(9-7-30)28-53-44-23-17-35-14-13-34-15-20-39-49(55-29-54-39)52(44)48-42(58)22-16-33-3-2-24-50(33,48)25-26-51(34,35)52/h1,4-9,11-12,16-18,21-23,27,33-35,42,44,48,53,56-61H,2-3,10,13-15,19-20,24-26,28-29H2/t33-,34+,35+,42-,44-,48-,50-,51+,52+/m1/s1. The van der Waals surface area contributed by atoms with Gasteiger partial charge < -0.3 is 36.0 Å². The zero-order valence-electron chi connectivity index (χ0n) is 34.5. The molecule has 11 rings (SSSR count). The van der Waals surface area contributed by atoms with Crippen LogP contribution in [0.5, 0.6) is 28.7 Å². The third-order valence-electron chi connectivity index (χ3n) is 16.8. The number of aliphatic imine (C=N–C) groups is 2. The molecule has 1 aliphatic heterocycles. The van der Waals surface area contributed by atoms with Crippen molar-refractivity contribution < 1.29 is 30.6 Å². The van der Waals surface area contributed by atoms with Gasteiger partial charge in [-0.15, -0.1) is 0 Å². The van der Waals surface area contributed by atoms with E-state index in [2.05, 4.69) is 53.9 Å². The first-order valence-corrected chi connectivity index (χ1v) is 22.5. The fourth-order valence-corrected chi connectivity index (χ4v) is 14.5. The summed E-state index contributed by atoms with van der Waals surface area (Å²) >= 11 is 0. The number of benzene rings is 4. The molecule has 0 unspecified atom stereocenters. The number of aliphatic hydroxyl groups is 1. The van der Waals surface area contributed by atoms with E-state index in [9.17, 15) is 30.6 Å². The van der Waals surface area contributed by atoms with Gasteiger partial charge in [0, 0.05) is 29.5 Å². The highest BCUT2D eigenvalue weighted by Crippen LogP contribution is 2.78. The molecular formula is C52H55N3O6. The van der Waals surface area contributed by atoms with Crippen molar-refractivity contribution in [2.75, 3.05) is 6.67 Å². The van der Waals surface area contributed by atoms with E-state index in [-0.39, 0.29) is 62.3 Å². The Balaban J connectivity index is 0.897. The molecule has 0 bridgehead atoms. The number of phenols is 5. The third kappa shape index (κ3) is 5.51. The van der Waals surface area contributed by atoms with Crippen LogP contribution >= 0.6 is 0 Å². The van der Waals surface area contributed by atoms with Crippen molar-refractivity contribution in [3.8, 4) is 28.7 Å². The van der Waals surface area contributed by atoms with E-state index in [1.54, 1.807) is 30.4 Å². The maximum Gasteiger partial charge on any atom is 0.169 e. The van der Waals surface area contributed by atoms with E-state index in [1.807, 2.05) is 0 Å². The third-order valence-corrected chi connectivity index (χ3v) is 16.8. The zero-order valence-corrected chi connectivity index (χ0v) is 34.5. The van der Waals surface area contributed by atoms with E-state index in [0.717, 1.165) is 18.4 Å². The van der Waals surface area contributed by atoms with Crippen LogP contribution in [0.4, 0.5) is 0 Å². The molecular weight excluding hydrogens is 763 g/mol. The molecule has 7 N–H and O–H groups in total. The summed E-state index contributed by atoms with van der Waals surface area (Å²) in [6.45, 7) is 1.17. The van der Waals surface area contributed by atoms with Crippen LogP contribution in [0.2, 0.25) is 0 Å². The quantitative estimate of drug-likeness (QED) is 0.0531. The average molecular weight is 818 g/mol. The number of nitrogens with zero attached hydrogens (tertiary/aromatic N) is 2. The van der Waals surface area contributed by atoms with Gasteiger partial charge in [0.1, 0.15) is 12.4 Å². The molecule has 314 valence electrons. The van der Waals surface area contributed by atoms with Crippen molar-refractivity contribution in [3.05, 3.63) is 113 Å². The monoisotopic (exact) mass is 817 g/mol. The highest BCUT2D eigenvalue weighted by molar-refractivity contribution is 6.46. The van der Waals surface area contributed by atoms with E-state index in [0.29, 0.717) is 65.9 Å². The minimum Gasteiger partial charge on any atom is -0.507 e. The smallest absolute Gasteiger partial charge is 0.169 e. The van der Waals surface area contributed by atoms with Gasteiger partial charge in [0.15, 0.2) is 23.0 Å². The van der Waals surface area contributed by atoms with Crippen molar-refractivity contribution in [1.29, 1.82) is 0 Å². The van der Waals surface area contributed by atoms with Crippen molar-refractivity contribution >= 4 is 34.3 Å². The molecule has 4 aromatic carbocycles. The summed E-state index contributed by atoms with van der Waals surface area (Å²) in [5, 5.41) is 70.4. The zero-order chi connectivity index (χ0) is 41.7. The van der Waals surface area contributed by atoms with Crippen molar-refractivity contribution in [2.24, 2.45) is 49.9 Å². The van der Waals surface area contributed by atoms with Gasteiger partial charge in [0.25, 0.3) is 0 Å². The first kappa shape index (κ1) is 38.5. The predicted molar refractivity (Wildman–Crippen MR) is 239 cm³/mol. The summed E-state index contributed by atoms with van der Waals surface area (Å²) in [6.07, 6.45) is 24.2. The first-order valence-electron chi connectivity index (χ1n) is 22.5. The van der Waals surface area contributed by atoms with Gasteiger partial charge in [-0.05, 0) is 139 Å². The molecule has 2 spiro atoms. The van der Waals surface area contributed by atoms with Crippen molar-refractivity contribution in [1.82, 2.24) is 5.32 Å².